The van der Waals surface area contributed by atoms with Crippen LogP contribution in [0.1, 0.15) is 17.7 Å². The van der Waals surface area contributed by atoms with Gasteiger partial charge in [-0.3, -0.25) is 0 Å². The predicted octanol–water partition coefficient (Wildman–Crippen LogP) is 2.52. The quantitative estimate of drug-likeness (QED) is 0.795. The van der Waals surface area contributed by atoms with Crippen LogP contribution in [0, 0.1) is 6.92 Å². The van der Waals surface area contributed by atoms with Crippen molar-refractivity contribution in [3.8, 4) is 0 Å². The lowest BCUT2D eigenvalue weighted by atomic mass is 10.2. The Bertz CT molecular complexity index is 481. The van der Waals surface area contributed by atoms with Crippen LogP contribution in [0.4, 0.5) is 13.9 Å². The highest BCUT2D eigenvalue weighted by molar-refractivity contribution is 7.22. The number of rotatable bonds is 1. The van der Waals surface area contributed by atoms with E-state index in [0.717, 1.165) is 11.3 Å². The fourth-order valence-electron chi connectivity index (χ4n) is 1.24. The molecule has 0 aliphatic rings. The van der Waals surface area contributed by atoms with Crippen molar-refractivity contribution in [1.82, 2.24) is 9.97 Å². The zero-order valence-corrected chi connectivity index (χ0v) is 8.11. The summed E-state index contributed by atoms with van der Waals surface area (Å²) in [6.45, 7) is 1.65. The molecule has 0 atom stereocenters. The first kappa shape index (κ1) is 9.26. The lowest BCUT2D eigenvalue weighted by Crippen LogP contribution is -1.90. The Labute approximate surface area is 82.6 Å². The van der Waals surface area contributed by atoms with Gasteiger partial charge in [0.05, 0.1) is 4.70 Å². The third kappa shape index (κ3) is 1.41. The fourth-order valence-corrected chi connectivity index (χ4v) is 2.03. The van der Waals surface area contributed by atoms with Crippen LogP contribution in [0.25, 0.3) is 10.3 Å². The average Bonchev–Trinajstić information content (AvgIpc) is 2.42. The molecule has 0 aliphatic heterocycles. The number of halogens is 2. The second-order valence-corrected chi connectivity index (χ2v) is 3.89. The molecule has 0 saturated heterocycles. The Morgan fingerprint density at radius 1 is 1.43 bits per heavy atom. The van der Waals surface area contributed by atoms with Crippen molar-refractivity contribution in [2.75, 3.05) is 5.73 Å². The molecule has 2 aromatic heterocycles. The van der Waals surface area contributed by atoms with Crippen molar-refractivity contribution in [1.29, 1.82) is 0 Å². The van der Waals surface area contributed by atoms with Gasteiger partial charge < -0.3 is 5.73 Å². The molecular weight excluding hydrogens is 208 g/mol. The number of pyridine rings is 1. The van der Waals surface area contributed by atoms with Gasteiger partial charge in [-0.2, -0.15) is 0 Å². The summed E-state index contributed by atoms with van der Waals surface area (Å²) in [6.07, 6.45) is -2.51. The van der Waals surface area contributed by atoms with E-state index in [9.17, 15) is 8.78 Å². The molecule has 0 bridgehead atoms. The zero-order valence-electron chi connectivity index (χ0n) is 7.29. The summed E-state index contributed by atoms with van der Waals surface area (Å²) < 4.78 is 25.6. The van der Waals surface area contributed by atoms with Gasteiger partial charge in [-0.15, -0.1) is 0 Å². The first-order valence-electron chi connectivity index (χ1n) is 3.89. The number of nitrogens with zero attached hydrogens (tertiary/aromatic N) is 2. The summed E-state index contributed by atoms with van der Waals surface area (Å²) in [5.41, 5.74) is 6.23. The first-order chi connectivity index (χ1) is 6.58. The Balaban J connectivity index is 2.79. The van der Waals surface area contributed by atoms with Gasteiger partial charge >= 0.3 is 0 Å². The topological polar surface area (TPSA) is 51.8 Å². The molecule has 0 amide bonds. The van der Waals surface area contributed by atoms with Gasteiger partial charge in [0.1, 0.15) is 0 Å². The maximum absolute atomic E-state index is 12.6. The highest BCUT2D eigenvalue weighted by Crippen LogP contribution is 2.32. The molecule has 2 N–H and O–H groups in total. The van der Waals surface area contributed by atoms with E-state index in [1.807, 2.05) is 0 Å². The van der Waals surface area contributed by atoms with Gasteiger partial charge in [0, 0.05) is 11.3 Å². The van der Waals surface area contributed by atoms with E-state index in [4.69, 9.17) is 5.73 Å². The van der Waals surface area contributed by atoms with Crippen LogP contribution in [0.3, 0.4) is 0 Å². The molecular formula is C8H7F2N3S. The zero-order chi connectivity index (χ0) is 10.3. The number of nitrogens with two attached hydrogens (primary N) is 1. The number of aryl methyl sites for hydroxylation is 1. The number of aromatic nitrogens is 2. The molecule has 14 heavy (non-hydrogen) atoms. The van der Waals surface area contributed by atoms with Gasteiger partial charge in [0.2, 0.25) is 0 Å². The van der Waals surface area contributed by atoms with Crippen molar-refractivity contribution >= 4 is 26.8 Å². The number of thiazole rings is 1. The van der Waals surface area contributed by atoms with Crippen LogP contribution >= 0.6 is 11.3 Å². The van der Waals surface area contributed by atoms with Crippen LogP contribution in [0.5, 0.6) is 0 Å². The molecule has 2 aromatic rings. The third-order valence-electron chi connectivity index (χ3n) is 1.77. The Kier molecular flexibility index (Phi) is 2.07. The van der Waals surface area contributed by atoms with E-state index in [-0.39, 0.29) is 10.7 Å². The Morgan fingerprint density at radius 3 is 2.79 bits per heavy atom. The monoisotopic (exact) mass is 215 g/mol. The van der Waals surface area contributed by atoms with Gasteiger partial charge in [0.25, 0.3) is 6.43 Å². The van der Waals surface area contributed by atoms with E-state index >= 15 is 0 Å². The highest BCUT2D eigenvalue weighted by atomic mass is 32.1. The second kappa shape index (κ2) is 3.13. The average molecular weight is 215 g/mol. The molecule has 6 heteroatoms. The van der Waals surface area contributed by atoms with Crippen LogP contribution in [-0.2, 0) is 0 Å². The molecule has 2 heterocycles. The molecule has 0 saturated carbocycles. The smallest absolute Gasteiger partial charge is 0.265 e. The molecule has 0 spiro atoms. The fraction of sp³-hybridized carbons (Fsp3) is 0.250. The van der Waals surface area contributed by atoms with Crippen molar-refractivity contribution in [3.05, 3.63) is 17.3 Å². The van der Waals surface area contributed by atoms with E-state index in [1.165, 1.54) is 6.07 Å². The van der Waals surface area contributed by atoms with Crippen LogP contribution < -0.4 is 5.73 Å². The SMILES string of the molecule is Cc1cc(C(F)F)c2sc(N)nc2n1. The lowest BCUT2D eigenvalue weighted by molar-refractivity contribution is 0.153. The second-order valence-electron chi connectivity index (χ2n) is 2.86. The number of anilines is 1. The van der Waals surface area contributed by atoms with E-state index in [1.54, 1.807) is 6.92 Å². The lowest BCUT2D eigenvalue weighted by Gasteiger charge is -2.00. The van der Waals surface area contributed by atoms with Crippen LogP contribution in [0.2, 0.25) is 0 Å². The molecule has 0 radical (unpaired) electrons. The van der Waals surface area contributed by atoms with Crippen molar-refractivity contribution < 1.29 is 8.78 Å². The van der Waals surface area contributed by atoms with Crippen molar-refractivity contribution in [2.45, 2.75) is 13.3 Å². The minimum absolute atomic E-state index is 0.0401. The molecule has 0 aromatic carbocycles. The van der Waals surface area contributed by atoms with E-state index < -0.39 is 6.43 Å². The summed E-state index contributed by atoms with van der Waals surface area (Å²) in [6, 6.07) is 1.37. The predicted molar refractivity (Wildman–Crippen MR) is 51.5 cm³/mol. The van der Waals surface area contributed by atoms with Crippen LogP contribution in [0.15, 0.2) is 6.07 Å². The minimum Gasteiger partial charge on any atom is -0.375 e. The van der Waals surface area contributed by atoms with Gasteiger partial charge in [0.15, 0.2) is 10.8 Å². The molecule has 0 aliphatic carbocycles. The summed E-state index contributed by atoms with van der Waals surface area (Å²) >= 11 is 1.04. The number of hydrogen-bond acceptors (Lipinski definition) is 4. The van der Waals surface area contributed by atoms with Crippen molar-refractivity contribution in [3.63, 3.8) is 0 Å². The maximum atomic E-state index is 12.6. The van der Waals surface area contributed by atoms with Gasteiger partial charge in [-0.25, -0.2) is 18.7 Å². The number of fused-ring (bicyclic) bond motifs is 1. The third-order valence-corrected chi connectivity index (χ3v) is 2.69. The molecule has 0 unspecified atom stereocenters. The number of nitrogen functional groups attached to an aromatic ring is 1. The molecule has 74 valence electrons. The highest BCUT2D eigenvalue weighted by Gasteiger charge is 2.16. The summed E-state index contributed by atoms with van der Waals surface area (Å²) in [4.78, 5) is 7.89. The molecule has 2 rings (SSSR count). The number of hydrogen-bond donors (Lipinski definition) is 1. The molecule has 0 fully saturated rings. The largest absolute Gasteiger partial charge is 0.375 e. The maximum Gasteiger partial charge on any atom is 0.265 e. The van der Waals surface area contributed by atoms with E-state index in [2.05, 4.69) is 9.97 Å². The summed E-state index contributed by atoms with van der Waals surface area (Å²) in [5.74, 6) is 0. The van der Waals surface area contributed by atoms with Crippen LogP contribution in [-0.4, -0.2) is 9.97 Å². The standard InChI is InChI=1S/C8H7F2N3S/c1-3-2-4(6(9)10)5-7(12-3)13-8(11)14-5/h2,6H,1H3,(H2,11,12,13). The summed E-state index contributed by atoms with van der Waals surface area (Å²) in [5, 5.41) is 0.264. The number of alkyl halides is 2. The van der Waals surface area contributed by atoms with E-state index in [0.29, 0.717) is 16.0 Å². The summed E-state index contributed by atoms with van der Waals surface area (Å²) in [7, 11) is 0. The van der Waals surface area contributed by atoms with Crippen molar-refractivity contribution in [2.24, 2.45) is 0 Å². The van der Waals surface area contributed by atoms with Gasteiger partial charge in [-0.05, 0) is 13.0 Å². The molecule has 3 nitrogen and oxygen atoms in total. The normalized spacial score (nSPS) is 11.4. The Hall–Kier alpha value is -1.30. The van der Waals surface area contributed by atoms with Gasteiger partial charge in [-0.1, -0.05) is 11.3 Å². The first-order valence-corrected chi connectivity index (χ1v) is 4.71. The Morgan fingerprint density at radius 2 is 2.14 bits per heavy atom. The minimum atomic E-state index is -2.51.